The lowest BCUT2D eigenvalue weighted by Gasteiger charge is -2.11. The molecule has 1 aromatic carbocycles. The molecule has 0 spiro atoms. The second-order valence-corrected chi connectivity index (χ2v) is 4.97. The summed E-state index contributed by atoms with van der Waals surface area (Å²) in [6, 6.07) is 7.19. The number of rotatable bonds is 3. The maximum Gasteiger partial charge on any atom is 0.229 e. The average Bonchev–Trinajstić information content (AvgIpc) is 3.10. The molecule has 1 saturated heterocycles. The SMILES string of the molecule is CN1C[C@@H](C(=O)Nc2cccc(-n3cnnn3)c2)CC1=O. The average molecular weight is 286 g/mol. The number of aromatic nitrogens is 4. The van der Waals surface area contributed by atoms with Crippen molar-refractivity contribution in [1.82, 2.24) is 25.1 Å². The summed E-state index contributed by atoms with van der Waals surface area (Å²) in [4.78, 5) is 25.2. The summed E-state index contributed by atoms with van der Waals surface area (Å²) in [5.41, 5.74) is 1.40. The zero-order chi connectivity index (χ0) is 14.8. The molecule has 3 rings (SSSR count). The smallest absolute Gasteiger partial charge is 0.229 e. The zero-order valence-corrected chi connectivity index (χ0v) is 11.4. The Morgan fingerprint density at radius 1 is 1.43 bits per heavy atom. The normalized spacial score (nSPS) is 18.0. The maximum atomic E-state index is 12.2. The van der Waals surface area contributed by atoms with Crippen LogP contribution >= 0.6 is 0 Å². The second-order valence-electron chi connectivity index (χ2n) is 4.97. The van der Waals surface area contributed by atoms with Crippen molar-refractivity contribution in [3.8, 4) is 5.69 Å². The minimum absolute atomic E-state index is 0.00223. The second kappa shape index (κ2) is 5.31. The molecule has 8 heteroatoms. The van der Waals surface area contributed by atoms with Crippen molar-refractivity contribution in [3.63, 3.8) is 0 Å². The summed E-state index contributed by atoms with van der Waals surface area (Å²) in [5, 5.41) is 13.8. The van der Waals surface area contributed by atoms with Gasteiger partial charge in [0.2, 0.25) is 11.8 Å². The molecule has 2 aromatic rings. The molecule has 21 heavy (non-hydrogen) atoms. The molecule has 8 nitrogen and oxygen atoms in total. The summed E-state index contributed by atoms with van der Waals surface area (Å²) in [5.74, 6) is -0.460. The molecule has 2 heterocycles. The van der Waals surface area contributed by atoms with Crippen LogP contribution in [0, 0.1) is 5.92 Å². The van der Waals surface area contributed by atoms with E-state index in [0.717, 1.165) is 5.69 Å². The Balaban J connectivity index is 1.72. The highest BCUT2D eigenvalue weighted by molar-refractivity contribution is 5.97. The Morgan fingerprint density at radius 2 is 2.29 bits per heavy atom. The topological polar surface area (TPSA) is 93.0 Å². The summed E-state index contributed by atoms with van der Waals surface area (Å²) in [6.45, 7) is 0.456. The van der Waals surface area contributed by atoms with Gasteiger partial charge in [0.05, 0.1) is 11.6 Å². The largest absolute Gasteiger partial charge is 0.345 e. The van der Waals surface area contributed by atoms with E-state index in [1.165, 1.54) is 11.0 Å². The van der Waals surface area contributed by atoms with Crippen LogP contribution < -0.4 is 5.32 Å². The van der Waals surface area contributed by atoms with Gasteiger partial charge in [-0.15, -0.1) is 5.10 Å². The van der Waals surface area contributed by atoms with E-state index in [1.807, 2.05) is 6.07 Å². The first kappa shape index (κ1) is 13.2. The lowest BCUT2D eigenvalue weighted by molar-refractivity contribution is -0.127. The van der Waals surface area contributed by atoms with Crippen molar-refractivity contribution in [2.24, 2.45) is 5.92 Å². The van der Waals surface area contributed by atoms with E-state index >= 15 is 0 Å². The number of hydrogen-bond acceptors (Lipinski definition) is 5. The molecule has 1 fully saturated rings. The van der Waals surface area contributed by atoms with Crippen molar-refractivity contribution in [2.45, 2.75) is 6.42 Å². The number of nitrogens with zero attached hydrogens (tertiary/aromatic N) is 5. The van der Waals surface area contributed by atoms with Crippen LogP contribution in [0.1, 0.15) is 6.42 Å². The van der Waals surface area contributed by atoms with Gasteiger partial charge in [0, 0.05) is 25.7 Å². The van der Waals surface area contributed by atoms with Gasteiger partial charge in [-0.2, -0.15) is 0 Å². The van der Waals surface area contributed by atoms with Crippen LogP contribution in [0.5, 0.6) is 0 Å². The molecular formula is C13H14N6O2. The lowest BCUT2D eigenvalue weighted by atomic mass is 10.1. The first-order valence-electron chi connectivity index (χ1n) is 6.52. The van der Waals surface area contributed by atoms with E-state index in [2.05, 4.69) is 20.8 Å². The van der Waals surface area contributed by atoms with E-state index in [4.69, 9.17) is 0 Å². The van der Waals surface area contributed by atoms with Crippen LogP contribution in [0.2, 0.25) is 0 Å². The van der Waals surface area contributed by atoms with Gasteiger partial charge in [-0.1, -0.05) is 6.07 Å². The standard InChI is InChI=1S/C13H14N6O2/c1-18-7-9(5-12(18)20)13(21)15-10-3-2-4-11(6-10)19-8-14-16-17-19/h2-4,6,8-9H,5,7H2,1H3,(H,15,21)/t9-/m0/s1. The predicted octanol–water partition coefficient (Wildman–Crippen LogP) is 0.0791. The van der Waals surface area contributed by atoms with Gasteiger partial charge in [0.15, 0.2) is 0 Å². The molecule has 108 valence electrons. The Hall–Kier alpha value is -2.77. The van der Waals surface area contributed by atoms with Gasteiger partial charge in [-0.05, 0) is 28.6 Å². The Morgan fingerprint density at radius 3 is 2.95 bits per heavy atom. The van der Waals surface area contributed by atoms with Crippen LogP contribution in [0.15, 0.2) is 30.6 Å². The first-order valence-corrected chi connectivity index (χ1v) is 6.52. The molecule has 1 N–H and O–H groups in total. The van der Waals surface area contributed by atoms with Gasteiger partial charge in [-0.25, -0.2) is 4.68 Å². The number of hydrogen-bond donors (Lipinski definition) is 1. The number of tetrazole rings is 1. The van der Waals surface area contributed by atoms with Crippen molar-refractivity contribution >= 4 is 17.5 Å². The molecule has 1 aromatic heterocycles. The third kappa shape index (κ3) is 2.73. The number of anilines is 1. The predicted molar refractivity (Wildman–Crippen MR) is 73.5 cm³/mol. The Bertz CT molecular complexity index is 669. The van der Waals surface area contributed by atoms with Crippen LogP contribution in [-0.2, 0) is 9.59 Å². The van der Waals surface area contributed by atoms with Crippen LogP contribution in [-0.4, -0.2) is 50.5 Å². The third-order valence-corrected chi connectivity index (χ3v) is 3.44. The molecular weight excluding hydrogens is 272 g/mol. The number of nitrogens with one attached hydrogen (secondary N) is 1. The Kier molecular flexibility index (Phi) is 3.35. The molecule has 0 aliphatic carbocycles. The van der Waals surface area contributed by atoms with Crippen molar-refractivity contribution in [1.29, 1.82) is 0 Å². The highest BCUT2D eigenvalue weighted by Crippen LogP contribution is 2.19. The quantitative estimate of drug-likeness (QED) is 0.862. The zero-order valence-electron chi connectivity index (χ0n) is 11.4. The lowest BCUT2D eigenvalue weighted by Crippen LogP contribution is -2.25. The van der Waals surface area contributed by atoms with E-state index in [9.17, 15) is 9.59 Å². The van der Waals surface area contributed by atoms with Crippen LogP contribution in [0.4, 0.5) is 5.69 Å². The third-order valence-electron chi connectivity index (χ3n) is 3.44. The molecule has 1 aliphatic heterocycles. The molecule has 0 saturated carbocycles. The van der Waals surface area contributed by atoms with Crippen LogP contribution in [0.25, 0.3) is 5.69 Å². The fraction of sp³-hybridized carbons (Fsp3) is 0.308. The van der Waals surface area contributed by atoms with Gasteiger partial charge in [-0.3, -0.25) is 9.59 Å². The van der Waals surface area contributed by atoms with E-state index in [-0.39, 0.29) is 24.2 Å². The fourth-order valence-electron chi connectivity index (χ4n) is 2.29. The number of benzene rings is 1. The molecule has 0 unspecified atom stereocenters. The van der Waals surface area contributed by atoms with Crippen LogP contribution in [0.3, 0.4) is 0 Å². The summed E-state index contributed by atoms with van der Waals surface area (Å²) < 4.78 is 1.50. The van der Waals surface area contributed by atoms with Gasteiger partial charge in [0.25, 0.3) is 0 Å². The fourth-order valence-corrected chi connectivity index (χ4v) is 2.29. The minimum Gasteiger partial charge on any atom is -0.345 e. The molecule has 0 bridgehead atoms. The van der Waals surface area contributed by atoms with Gasteiger partial charge < -0.3 is 10.2 Å². The minimum atomic E-state index is -0.306. The first-order chi connectivity index (χ1) is 10.1. The molecule has 1 atom stereocenters. The van der Waals surface area contributed by atoms with Crippen molar-refractivity contribution < 1.29 is 9.59 Å². The van der Waals surface area contributed by atoms with E-state index in [1.54, 1.807) is 30.1 Å². The molecule has 2 amide bonds. The number of carbonyl (C=O) groups excluding carboxylic acids is 2. The van der Waals surface area contributed by atoms with Crippen molar-refractivity contribution in [3.05, 3.63) is 30.6 Å². The highest BCUT2D eigenvalue weighted by Gasteiger charge is 2.32. The van der Waals surface area contributed by atoms with E-state index < -0.39 is 0 Å². The van der Waals surface area contributed by atoms with Gasteiger partial charge in [0.1, 0.15) is 6.33 Å². The number of likely N-dealkylation sites (tertiary alicyclic amines) is 1. The summed E-state index contributed by atoms with van der Waals surface area (Å²) in [7, 11) is 1.70. The highest BCUT2D eigenvalue weighted by atomic mass is 16.2. The van der Waals surface area contributed by atoms with Crippen molar-refractivity contribution in [2.75, 3.05) is 18.9 Å². The van der Waals surface area contributed by atoms with Gasteiger partial charge >= 0.3 is 0 Å². The summed E-state index contributed by atoms with van der Waals surface area (Å²) >= 11 is 0. The summed E-state index contributed by atoms with van der Waals surface area (Å²) in [6.07, 6.45) is 1.74. The number of amides is 2. The molecule has 0 radical (unpaired) electrons. The monoisotopic (exact) mass is 286 g/mol. The number of carbonyl (C=O) groups is 2. The molecule has 1 aliphatic rings. The van der Waals surface area contributed by atoms with E-state index in [0.29, 0.717) is 12.2 Å². The Labute approximate surface area is 120 Å². The maximum absolute atomic E-state index is 12.2.